The Kier molecular flexibility index (Phi) is 6.62. The van der Waals surface area contributed by atoms with E-state index < -0.39 is 8.56 Å². The third kappa shape index (κ3) is 3.57. The molecule has 0 aromatic carbocycles. The third-order valence-corrected chi connectivity index (χ3v) is 8.11. The first-order valence-corrected chi connectivity index (χ1v) is 9.17. The third-order valence-electron chi connectivity index (χ3n) is 3.75. The summed E-state index contributed by atoms with van der Waals surface area (Å²) in [5, 5.41) is 0. The van der Waals surface area contributed by atoms with Gasteiger partial charge in [0, 0.05) is 18.8 Å². The SMILES string of the molecule is CCO[Si](CC)(OCC)C1CCCCCC1. The minimum absolute atomic E-state index is 0.736. The van der Waals surface area contributed by atoms with Crippen LogP contribution in [0.5, 0.6) is 0 Å². The van der Waals surface area contributed by atoms with Crippen LogP contribution in [-0.4, -0.2) is 21.8 Å². The van der Waals surface area contributed by atoms with E-state index in [-0.39, 0.29) is 0 Å². The molecule has 2 nitrogen and oxygen atoms in total. The van der Waals surface area contributed by atoms with Gasteiger partial charge in [-0.25, -0.2) is 0 Å². The van der Waals surface area contributed by atoms with Gasteiger partial charge in [-0.2, -0.15) is 0 Å². The molecule has 0 aliphatic heterocycles. The molecule has 0 saturated heterocycles. The van der Waals surface area contributed by atoms with Crippen molar-refractivity contribution in [1.29, 1.82) is 0 Å². The maximum Gasteiger partial charge on any atom is 0.341 e. The van der Waals surface area contributed by atoms with Gasteiger partial charge in [0.05, 0.1) is 0 Å². The van der Waals surface area contributed by atoms with Gasteiger partial charge in [-0.3, -0.25) is 0 Å². The zero-order valence-corrected chi connectivity index (χ0v) is 12.3. The molecule has 0 N–H and O–H groups in total. The monoisotopic (exact) mass is 244 g/mol. The van der Waals surface area contributed by atoms with Crippen molar-refractivity contribution in [2.75, 3.05) is 13.2 Å². The Morgan fingerprint density at radius 2 is 1.38 bits per heavy atom. The van der Waals surface area contributed by atoms with Crippen LogP contribution in [0, 0.1) is 0 Å². The summed E-state index contributed by atoms with van der Waals surface area (Å²) >= 11 is 0. The summed E-state index contributed by atoms with van der Waals surface area (Å²) in [7, 11) is -1.90. The van der Waals surface area contributed by atoms with Crippen LogP contribution in [0.1, 0.15) is 59.3 Å². The van der Waals surface area contributed by atoms with E-state index >= 15 is 0 Å². The first-order valence-electron chi connectivity index (χ1n) is 7.07. The van der Waals surface area contributed by atoms with Crippen molar-refractivity contribution in [3.8, 4) is 0 Å². The zero-order chi connectivity index (χ0) is 11.9. The van der Waals surface area contributed by atoms with Gasteiger partial charge in [-0.15, -0.1) is 0 Å². The first-order chi connectivity index (χ1) is 7.79. The fourth-order valence-corrected chi connectivity index (χ4v) is 6.78. The fourth-order valence-electron chi connectivity index (χ4n) is 2.98. The molecule has 1 aliphatic carbocycles. The molecule has 0 amide bonds. The molecule has 1 aliphatic rings. The van der Waals surface area contributed by atoms with Crippen LogP contribution in [0.4, 0.5) is 0 Å². The van der Waals surface area contributed by atoms with Crippen LogP contribution in [0.3, 0.4) is 0 Å². The number of hydrogen-bond donors (Lipinski definition) is 0. The van der Waals surface area contributed by atoms with E-state index in [1.165, 1.54) is 38.5 Å². The Morgan fingerprint density at radius 1 is 0.875 bits per heavy atom. The van der Waals surface area contributed by atoms with Crippen molar-refractivity contribution in [2.45, 2.75) is 70.9 Å². The predicted molar refractivity (Wildman–Crippen MR) is 70.9 cm³/mol. The van der Waals surface area contributed by atoms with Crippen LogP contribution < -0.4 is 0 Å². The van der Waals surface area contributed by atoms with Crippen LogP contribution in [-0.2, 0) is 8.85 Å². The van der Waals surface area contributed by atoms with Gasteiger partial charge in [0.1, 0.15) is 0 Å². The zero-order valence-electron chi connectivity index (χ0n) is 11.3. The van der Waals surface area contributed by atoms with E-state index in [9.17, 15) is 0 Å². The maximum atomic E-state index is 6.13. The van der Waals surface area contributed by atoms with Gasteiger partial charge in [0.15, 0.2) is 0 Å². The predicted octanol–water partition coefficient (Wildman–Crippen LogP) is 4.25. The normalized spacial score (nSPS) is 19.7. The standard InChI is InChI=1S/C13H28O2Si/c1-4-14-16(6-3,15-5-2)13-11-9-7-8-10-12-13/h13H,4-12H2,1-3H3. The van der Waals surface area contributed by atoms with Crippen molar-refractivity contribution >= 4 is 8.56 Å². The molecule has 96 valence electrons. The Bertz CT molecular complexity index is 171. The molecule has 0 atom stereocenters. The van der Waals surface area contributed by atoms with Crippen molar-refractivity contribution in [3.63, 3.8) is 0 Å². The molecule has 0 radical (unpaired) electrons. The van der Waals surface area contributed by atoms with Crippen LogP contribution in [0.2, 0.25) is 11.6 Å². The molecule has 0 spiro atoms. The summed E-state index contributed by atoms with van der Waals surface area (Å²) in [4.78, 5) is 0. The van der Waals surface area contributed by atoms with Gasteiger partial charge in [0.25, 0.3) is 0 Å². The van der Waals surface area contributed by atoms with Crippen molar-refractivity contribution in [3.05, 3.63) is 0 Å². The molecule has 1 saturated carbocycles. The minimum atomic E-state index is -1.90. The number of rotatable bonds is 6. The molecule has 1 rings (SSSR count). The summed E-state index contributed by atoms with van der Waals surface area (Å²) in [6, 6.07) is 1.11. The highest BCUT2D eigenvalue weighted by molar-refractivity contribution is 6.69. The fraction of sp³-hybridized carbons (Fsp3) is 1.00. The molecule has 0 heterocycles. The largest absolute Gasteiger partial charge is 0.394 e. The van der Waals surface area contributed by atoms with Crippen molar-refractivity contribution < 1.29 is 8.85 Å². The van der Waals surface area contributed by atoms with E-state index in [0.29, 0.717) is 0 Å². The summed E-state index contributed by atoms with van der Waals surface area (Å²) in [5.74, 6) is 0. The average molecular weight is 244 g/mol. The second-order valence-corrected chi connectivity index (χ2v) is 8.44. The minimum Gasteiger partial charge on any atom is -0.394 e. The maximum absolute atomic E-state index is 6.13. The second-order valence-electron chi connectivity index (χ2n) is 4.72. The van der Waals surface area contributed by atoms with Crippen LogP contribution >= 0.6 is 0 Å². The van der Waals surface area contributed by atoms with Gasteiger partial charge in [0.2, 0.25) is 0 Å². The van der Waals surface area contributed by atoms with E-state index in [1.807, 2.05) is 0 Å². The summed E-state index contributed by atoms with van der Waals surface area (Å²) in [6.45, 7) is 8.09. The molecule has 1 fully saturated rings. The van der Waals surface area contributed by atoms with Crippen molar-refractivity contribution in [1.82, 2.24) is 0 Å². The quantitative estimate of drug-likeness (QED) is 0.514. The van der Waals surface area contributed by atoms with Gasteiger partial charge >= 0.3 is 8.56 Å². The molecule has 0 bridgehead atoms. The molecular formula is C13H28O2Si. The Hall–Kier alpha value is 0.137. The van der Waals surface area contributed by atoms with Gasteiger partial charge in [-0.05, 0) is 32.7 Å². The lowest BCUT2D eigenvalue weighted by atomic mass is 10.2. The highest BCUT2D eigenvalue weighted by Gasteiger charge is 2.43. The summed E-state index contributed by atoms with van der Waals surface area (Å²) in [5.41, 5.74) is 0.736. The lowest BCUT2D eigenvalue weighted by Crippen LogP contribution is -2.46. The molecule has 0 aromatic heterocycles. The Morgan fingerprint density at radius 3 is 1.75 bits per heavy atom. The summed E-state index contributed by atoms with van der Waals surface area (Å²) < 4.78 is 12.3. The second kappa shape index (κ2) is 7.46. The lowest BCUT2D eigenvalue weighted by molar-refractivity contribution is 0.169. The van der Waals surface area contributed by atoms with E-state index in [1.54, 1.807) is 0 Å². The Balaban J connectivity index is 2.70. The molecule has 0 aromatic rings. The van der Waals surface area contributed by atoms with E-state index in [2.05, 4.69) is 20.8 Å². The average Bonchev–Trinajstić information content (AvgIpc) is 2.57. The molecule has 0 unspecified atom stereocenters. The van der Waals surface area contributed by atoms with E-state index in [4.69, 9.17) is 8.85 Å². The first kappa shape index (κ1) is 14.2. The lowest BCUT2D eigenvalue weighted by Gasteiger charge is -2.36. The molecular weight excluding hydrogens is 216 g/mol. The smallest absolute Gasteiger partial charge is 0.341 e. The van der Waals surface area contributed by atoms with Gasteiger partial charge in [-0.1, -0.05) is 32.6 Å². The molecule has 3 heteroatoms. The van der Waals surface area contributed by atoms with E-state index in [0.717, 1.165) is 24.8 Å². The van der Waals surface area contributed by atoms with Crippen molar-refractivity contribution in [2.24, 2.45) is 0 Å². The summed E-state index contributed by atoms with van der Waals surface area (Å²) in [6.07, 6.45) is 8.23. The topological polar surface area (TPSA) is 18.5 Å². The number of hydrogen-bond acceptors (Lipinski definition) is 2. The van der Waals surface area contributed by atoms with Crippen LogP contribution in [0.15, 0.2) is 0 Å². The Labute approximate surface area is 102 Å². The molecule has 16 heavy (non-hydrogen) atoms. The highest BCUT2D eigenvalue weighted by Crippen LogP contribution is 2.39. The van der Waals surface area contributed by atoms with Crippen LogP contribution in [0.25, 0.3) is 0 Å². The highest BCUT2D eigenvalue weighted by atomic mass is 28.4. The van der Waals surface area contributed by atoms with Gasteiger partial charge < -0.3 is 8.85 Å².